The number of carbonyl (C=O) groups is 1. The Kier molecular flexibility index (Phi) is 3.39. The van der Waals surface area contributed by atoms with Gasteiger partial charge in [-0.15, -0.1) is 0 Å². The summed E-state index contributed by atoms with van der Waals surface area (Å²) in [6, 6.07) is 2.84. The van der Waals surface area contributed by atoms with Crippen LogP contribution >= 0.6 is 0 Å². The first kappa shape index (κ1) is 11.6. The van der Waals surface area contributed by atoms with Gasteiger partial charge in [-0.1, -0.05) is 12.1 Å². The summed E-state index contributed by atoms with van der Waals surface area (Å²) in [4.78, 5) is 11.1. The molecule has 1 atom stereocenters. The van der Waals surface area contributed by atoms with E-state index in [-0.39, 0.29) is 11.1 Å². The van der Waals surface area contributed by atoms with Crippen LogP contribution in [0.15, 0.2) is 12.1 Å². The zero-order valence-electron chi connectivity index (χ0n) is 8.80. The molecule has 0 saturated heterocycles. The van der Waals surface area contributed by atoms with Crippen LogP contribution in [-0.4, -0.2) is 13.1 Å². The van der Waals surface area contributed by atoms with Crippen molar-refractivity contribution in [3.63, 3.8) is 0 Å². The average Bonchev–Trinajstić information content (AvgIpc) is 2.24. The van der Waals surface area contributed by atoms with E-state index in [0.29, 0.717) is 0 Å². The highest BCUT2D eigenvalue weighted by Gasteiger charge is 2.22. The number of hydrogen-bond donors (Lipinski definition) is 0. The van der Waals surface area contributed by atoms with Gasteiger partial charge in [0.25, 0.3) is 0 Å². The van der Waals surface area contributed by atoms with E-state index in [9.17, 15) is 13.6 Å². The Morgan fingerprint density at radius 1 is 1.33 bits per heavy atom. The van der Waals surface area contributed by atoms with Crippen LogP contribution in [0, 0.1) is 18.6 Å². The van der Waals surface area contributed by atoms with Gasteiger partial charge in [-0.3, -0.25) is 4.79 Å². The molecular formula is C11H12F2O2. The number of benzene rings is 1. The predicted octanol–water partition coefficient (Wildman–Crippen LogP) is 2.55. The molecule has 1 aromatic rings. The molecule has 2 nitrogen and oxygen atoms in total. The summed E-state index contributed by atoms with van der Waals surface area (Å²) in [6.07, 6.45) is 0. The van der Waals surface area contributed by atoms with Crippen molar-refractivity contribution in [2.75, 3.05) is 7.11 Å². The van der Waals surface area contributed by atoms with Crippen LogP contribution in [0.2, 0.25) is 0 Å². The maximum absolute atomic E-state index is 13.4. The summed E-state index contributed by atoms with van der Waals surface area (Å²) in [5, 5.41) is 0. The summed E-state index contributed by atoms with van der Waals surface area (Å²) in [5.74, 6) is -3.28. The normalized spacial score (nSPS) is 12.3. The van der Waals surface area contributed by atoms with E-state index in [2.05, 4.69) is 4.74 Å². The van der Waals surface area contributed by atoms with Crippen molar-refractivity contribution in [1.29, 1.82) is 0 Å². The third-order valence-electron chi connectivity index (χ3n) is 2.33. The molecule has 0 N–H and O–H groups in total. The highest BCUT2D eigenvalue weighted by Crippen LogP contribution is 2.23. The van der Waals surface area contributed by atoms with Crippen LogP contribution in [0.25, 0.3) is 0 Å². The van der Waals surface area contributed by atoms with Crippen LogP contribution < -0.4 is 0 Å². The van der Waals surface area contributed by atoms with Gasteiger partial charge in [-0.05, 0) is 19.4 Å². The summed E-state index contributed by atoms with van der Waals surface area (Å²) >= 11 is 0. The van der Waals surface area contributed by atoms with Gasteiger partial charge in [-0.2, -0.15) is 0 Å². The molecule has 0 spiro atoms. The fraction of sp³-hybridized carbons (Fsp3) is 0.364. The molecular weight excluding hydrogens is 202 g/mol. The first-order chi connectivity index (χ1) is 6.99. The average molecular weight is 214 g/mol. The molecule has 0 aromatic heterocycles. The summed E-state index contributed by atoms with van der Waals surface area (Å²) < 4.78 is 31.1. The van der Waals surface area contributed by atoms with Gasteiger partial charge in [0.15, 0.2) is 11.6 Å². The van der Waals surface area contributed by atoms with Crippen LogP contribution in [0.5, 0.6) is 0 Å². The molecule has 0 bridgehead atoms. The largest absolute Gasteiger partial charge is 0.469 e. The number of carbonyl (C=O) groups excluding carboxylic acids is 1. The van der Waals surface area contributed by atoms with Crippen molar-refractivity contribution in [3.05, 3.63) is 34.9 Å². The van der Waals surface area contributed by atoms with Gasteiger partial charge in [0.05, 0.1) is 13.0 Å². The lowest BCUT2D eigenvalue weighted by Gasteiger charge is -2.11. The molecule has 0 saturated carbocycles. The molecule has 4 heteroatoms. The van der Waals surface area contributed by atoms with E-state index in [1.807, 2.05) is 0 Å². The smallest absolute Gasteiger partial charge is 0.312 e. The Balaban J connectivity index is 3.16. The van der Waals surface area contributed by atoms with Gasteiger partial charge in [0.2, 0.25) is 0 Å². The van der Waals surface area contributed by atoms with E-state index in [4.69, 9.17) is 0 Å². The van der Waals surface area contributed by atoms with Crippen molar-refractivity contribution in [3.8, 4) is 0 Å². The lowest BCUT2D eigenvalue weighted by atomic mass is 9.99. The minimum absolute atomic E-state index is 0.0185. The zero-order chi connectivity index (χ0) is 11.6. The maximum Gasteiger partial charge on any atom is 0.312 e. The number of ether oxygens (including phenoxy) is 1. The molecule has 0 aliphatic heterocycles. The van der Waals surface area contributed by atoms with Crippen LogP contribution in [-0.2, 0) is 9.53 Å². The van der Waals surface area contributed by atoms with Crippen molar-refractivity contribution in [2.24, 2.45) is 0 Å². The molecule has 15 heavy (non-hydrogen) atoms. The molecule has 0 radical (unpaired) electrons. The minimum Gasteiger partial charge on any atom is -0.469 e. The number of methoxy groups -OCH3 is 1. The second-order valence-electron chi connectivity index (χ2n) is 3.34. The van der Waals surface area contributed by atoms with E-state index in [0.717, 1.165) is 0 Å². The Hall–Kier alpha value is -1.45. The Morgan fingerprint density at radius 3 is 2.47 bits per heavy atom. The fourth-order valence-electron chi connectivity index (χ4n) is 1.30. The number of esters is 1. The minimum atomic E-state index is -0.979. The quantitative estimate of drug-likeness (QED) is 0.707. The molecule has 1 unspecified atom stereocenters. The third kappa shape index (κ3) is 2.14. The van der Waals surface area contributed by atoms with Gasteiger partial charge in [0.1, 0.15) is 0 Å². The molecule has 82 valence electrons. The monoisotopic (exact) mass is 214 g/mol. The summed E-state index contributed by atoms with van der Waals surface area (Å²) in [5.41, 5.74) is 0.235. The lowest BCUT2D eigenvalue weighted by Crippen LogP contribution is -2.13. The molecule has 0 heterocycles. The standard InChI is InChI=1S/C11H12F2O2/c1-6-4-5-8(10(13)9(6)12)7(2)11(14)15-3/h4-5,7H,1-3H3. The van der Waals surface area contributed by atoms with Gasteiger partial charge >= 0.3 is 5.97 Å². The highest BCUT2D eigenvalue weighted by molar-refractivity contribution is 5.77. The van der Waals surface area contributed by atoms with E-state index < -0.39 is 23.5 Å². The topological polar surface area (TPSA) is 26.3 Å². The first-order valence-electron chi connectivity index (χ1n) is 4.51. The first-order valence-corrected chi connectivity index (χ1v) is 4.51. The SMILES string of the molecule is COC(=O)C(C)c1ccc(C)c(F)c1F. The second kappa shape index (κ2) is 4.38. The van der Waals surface area contributed by atoms with Gasteiger partial charge in [-0.25, -0.2) is 8.78 Å². The number of rotatable bonds is 2. The van der Waals surface area contributed by atoms with Crippen molar-refractivity contribution in [1.82, 2.24) is 0 Å². The van der Waals surface area contributed by atoms with E-state index in [1.165, 1.54) is 33.1 Å². The third-order valence-corrected chi connectivity index (χ3v) is 2.33. The van der Waals surface area contributed by atoms with Crippen LogP contribution in [0.1, 0.15) is 24.0 Å². The molecule has 0 amide bonds. The Morgan fingerprint density at radius 2 is 1.93 bits per heavy atom. The zero-order valence-corrected chi connectivity index (χ0v) is 8.80. The molecule has 1 rings (SSSR count). The van der Waals surface area contributed by atoms with E-state index in [1.54, 1.807) is 0 Å². The van der Waals surface area contributed by atoms with Gasteiger partial charge in [0, 0.05) is 5.56 Å². The maximum atomic E-state index is 13.4. The summed E-state index contributed by atoms with van der Waals surface area (Å²) in [7, 11) is 1.21. The van der Waals surface area contributed by atoms with Crippen LogP contribution in [0.4, 0.5) is 8.78 Å². The molecule has 0 fully saturated rings. The second-order valence-corrected chi connectivity index (χ2v) is 3.34. The molecule has 0 aliphatic rings. The van der Waals surface area contributed by atoms with Crippen molar-refractivity contribution < 1.29 is 18.3 Å². The lowest BCUT2D eigenvalue weighted by molar-refractivity contribution is -0.142. The number of halogens is 2. The predicted molar refractivity (Wildman–Crippen MR) is 51.5 cm³/mol. The van der Waals surface area contributed by atoms with E-state index >= 15 is 0 Å². The molecule has 1 aromatic carbocycles. The summed E-state index contributed by atoms with van der Waals surface area (Å²) in [6.45, 7) is 2.93. The van der Waals surface area contributed by atoms with Crippen molar-refractivity contribution in [2.45, 2.75) is 19.8 Å². The Bertz CT molecular complexity index is 388. The van der Waals surface area contributed by atoms with Crippen molar-refractivity contribution >= 4 is 5.97 Å². The van der Waals surface area contributed by atoms with Gasteiger partial charge < -0.3 is 4.74 Å². The molecule has 0 aliphatic carbocycles. The number of hydrogen-bond acceptors (Lipinski definition) is 2. The Labute approximate surface area is 86.9 Å². The van der Waals surface area contributed by atoms with Crippen LogP contribution in [0.3, 0.4) is 0 Å². The number of aryl methyl sites for hydroxylation is 1. The fourth-order valence-corrected chi connectivity index (χ4v) is 1.30. The highest BCUT2D eigenvalue weighted by atomic mass is 19.2.